The van der Waals surface area contributed by atoms with Gasteiger partial charge in [-0.1, -0.05) is 13.8 Å². The maximum atomic E-state index is 12.2. The fourth-order valence-corrected chi connectivity index (χ4v) is 7.74. The molecule has 24 heavy (non-hydrogen) atoms. The smallest absolute Gasteiger partial charge is 0.155 e. The minimum Gasteiger partial charge on any atom is -0.300 e. The molecule has 0 spiro atoms. The van der Waals surface area contributed by atoms with Gasteiger partial charge in [0.05, 0.1) is 5.38 Å². The van der Waals surface area contributed by atoms with Crippen molar-refractivity contribution in [1.82, 2.24) is 0 Å². The van der Waals surface area contributed by atoms with Gasteiger partial charge >= 0.3 is 0 Å². The van der Waals surface area contributed by atoms with Crippen LogP contribution in [-0.4, -0.2) is 16.9 Å². The second-order valence-electron chi connectivity index (χ2n) is 9.35. The third kappa shape index (κ3) is 2.14. The Labute approximate surface area is 150 Å². The van der Waals surface area contributed by atoms with Crippen LogP contribution < -0.4 is 0 Å². The highest BCUT2D eigenvalue weighted by Gasteiger charge is 2.60. The first-order valence-electron chi connectivity index (χ1n) is 9.67. The van der Waals surface area contributed by atoms with E-state index in [4.69, 9.17) is 11.6 Å². The van der Waals surface area contributed by atoms with Crippen LogP contribution in [0.1, 0.15) is 65.7 Å². The molecule has 132 valence electrons. The molecule has 0 heterocycles. The number of rotatable bonds is 1. The largest absolute Gasteiger partial charge is 0.300 e. The zero-order valence-electron chi connectivity index (χ0n) is 15.1. The lowest BCUT2D eigenvalue weighted by Crippen LogP contribution is -2.53. The molecule has 0 aromatic heterocycles. The fourth-order valence-electron chi connectivity index (χ4n) is 7.23. The maximum absolute atomic E-state index is 12.2. The molecule has 0 saturated heterocycles. The van der Waals surface area contributed by atoms with E-state index in [0.29, 0.717) is 30.0 Å². The van der Waals surface area contributed by atoms with E-state index in [1.165, 1.54) is 18.4 Å². The van der Waals surface area contributed by atoms with Crippen molar-refractivity contribution in [2.24, 2.45) is 34.5 Å². The van der Waals surface area contributed by atoms with Gasteiger partial charge < -0.3 is 0 Å². The summed E-state index contributed by atoms with van der Waals surface area (Å²) in [5.41, 5.74) is 1.48. The molecule has 0 bridgehead atoms. The minimum atomic E-state index is -0.000715. The van der Waals surface area contributed by atoms with Crippen LogP contribution in [0.25, 0.3) is 0 Å². The number of halogens is 1. The first-order valence-corrected chi connectivity index (χ1v) is 10.1. The topological polar surface area (TPSA) is 34.1 Å². The third-order valence-electron chi connectivity index (χ3n) is 8.43. The van der Waals surface area contributed by atoms with E-state index in [-0.39, 0.29) is 27.9 Å². The summed E-state index contributed by atoms with van der Waals surface area (Å²) in [4.78, 5) is 24.1. The molecule has 0 aliphatic heterocycles. The number of allylic oxidation sites excluding steroid dienone is 1. The zero-order chi connectivity index (χ0) is 17.3. The van der Waals surface area contributed by atoms with E-state index in [2.05, 4.69) is 13.8 Å². The Morgan fingerprint density at radius 3 is 2.62 bits per heavy atom. The number of ketones is 2. The normalized spacial score (nSPS) is 50.6. The first kappa shape index (κ1) is 16.8. The summed E-state index contributed by atoms with van der Waals surface area (Å²) < 4.78 is 0. The molecule has 4 rings (SSSR count). The molecule has 3 fully saturated rings. The molecule has 1 unspecified atom stereocenters. The third-order valence-corrected chi connectivity index (χ3v) is 8.84. The van der Waals surface area contributed by atoms with Gasteiger partial charge in [0.2, 0.25) is 0 Å². The molecule has 0 radical (unpaired) electrons. The summed E-state index contributed by atoms with van der Waals surface area (Å²) in [6.45, 7) is 6.51. The Morgan fingerprint density at radius 2 is 1.92 bits per heavy atom. The summed E-state index contributed by atoms with van der Waals surface area (Å²) in [7, 11) is 0. The van der Waals surface area contributed by atoms with Crippen LogP contribution in [0.2, 0.25) is 0 Å². The van der Waals surface area contributed by atoms with Crippen molar-refractivity contribution in [3.05, 3.63) is 11.6 Å². The van der Waals surface area contributed by atoms with Crippen LogP contribution in [0.5, 0.6) is 0 Å². The van der Waals surface area contributed by atoms with Gasteiger partial charge in [-0.15, -0.1) is 11.6 Å². The van der Waals surface area contributed by atoms with E-state index >= 15 is 0 Å². The second-order valence-corrected chi connectivity index (χ2v) is 9.88. The lowest BCUT2D eigenvalue weighted by molar-refractivity contribution is -0.128. The predicted molar refractivity (Wildman–Crippen MR) is 95.9 cm³/mol. The van der Waals surface area contributed by atoms with E-state index < -0.39 is 0 Å². The van der Waals surface area contributed by atoms with Crippen LogP contribution in [0, 0.1) is 34.5 Å². The fraction of sp³-hybridized carbons (Fsp3) is 0.810. The SMILES string of the molecule is CC(=O)[C@H]1CC[C@H]2[C@@H]3CC(Cl)C4=CC(=O)CC[C@]4(C)[C@H]3CC[C@]12C. The van der Waals surface area contributed by atoms with Gasteiger partial charge in [0, 0.05) is 12.3 Å². The average molecular weight is 349 g/mol. The van der Waals surface area contributed by atoms with E-state index in [0.717, 1.165) is 25.7 Å². The Morgan fingerprint density at radius 1 is 1.17 bits per heavy atom. The Kier molecular flexibility index (Phi) is 3.81. The number of Topliss-reactive ketones (excluding diaryl/α,β-unsaturated/α-hetero) is 1. The molecule has 0 aromatic rings. The number of hydrogen-bond donors (Lipinski definition) is 0. The van der Waals surface area contributed by atoms with Crippen molar-refractivity contribution >= 4 is 23.2 Å². The standard InChI is InChI=1S/C21H29ClO2/c1-12(23)15-4-5-16-14-11-19(22)18-10-13(24)6-8-21(18,3)17(14)7-9-20(15,16)2/h10,14-17,19H,4-9,11H2,1-3H3/t14-,15+,16-,17-,19?,20+,21+/m0/s1. The quantitative estimate of drug-likeness (QED) is 0.629. The zero-order valence-corrected chi connectivity index (χ0v) is 15.9. The summed E-state index contributed by atoms with van der Waals surface area (Å²) in [5, 5.41) is -0.000715. The molecular formula is C21H29ClO2. The number of carbonyl (C=O) groups is 2. The highest BCUT2D eigenvalue weighted by Crippen LogP contribution is 2.67. The number of hydrogen-bond acceptors (Lipinski definition) is 2. The summed E-state index contributed by atoms with van der Waals surface area (Å²) >= 11 is 6.81. The second kappa shape index (κ2) is 5.43. The van der Waals surface area contributed by atoms with Crippen molar-refractivity contribution < 1.29 is 9.59 Å². The van der Waals surface area contributed by atoms with Crippen molar-refractivity contribution in [1.29, 1.82) is 0 Å². The number of carbonyl (C=O) groups excluding carboxylic acids is 2. The van der Waals surface area contributed by atoms with Crippen molar-refractivity contribution in [2.45, 2.75) is 71.1 Å². The van der Waals surface area contributed by atoms with Gasteiger partial charge in [0.1, 0.15) is 5.78 Å². The van der Waals surface area contributed by atoms with Crippen LogP contribution in [0.15, 0.2) is 11.6 Å². The van der Waals surface area contributed by atoms with Gasteiger partial charge in [0.15, 0.2) is 5.78 Å². The van der Waals surface area contributed by atoms with Crippen molar-refractivity contribution in [2.75, 3.05) is 0 Å². The molecule has 0 N–H and O–H groups in total. The molecule has 0 aromatic carbocycles. The van der Waals surface area contributed by atoms with Crippen LogP contribution in [-0.2, 0) is 9.59 Å². The Balaban J connectivity index is 1.71. The monoisotopic (exact) mass is 348 g/mol. The van der Waals surface area contributed by atoms with Crippen LogP contribution in [0.4, 0.5) is 0 Å². The molecule has 3 saturated carbocycles. The molecule has 3 heteroatoms. The van der Waals surface area contributed by atoms with E-state index in [1.807, 2.05) is 6.08 Å². The Hall–Kier alpha value is -0.630. The number of alkyl halides is 1. The summed E-state index contributed by atoms with van der Waals surface area (Å²) in [5.74, 6) is 2.76. The molecule has 7 atom stereocenters. The minimum absolute atomic E-state index is 0.000715. The average Bonchev–Trinajstić information content (AvgIpc) is 2.87. The molecule has 2 nitrogen and oxygen atoms in total. The molecule has 4 aliphatic rings. The highest BCUT2D eigenvalue weighted by molar-refractivity contribution is 6.23. The lowest BCUT2D eigenvalue weighted by atomic mass is 9.46. The highest BCUT2D eigenvalue weighted by atomic mass is 35.5. The molecular weight excluding hydrogens is 320 g/mol. The molecule has 0 amide bonds. The van der Waals surface area contributed by atoms with Crippen molar-refractivity contribution in [3.63, 3.8) is 0 Å². The van der Waals surface area contributed by atoms with Gasteiger partial charge in [-0.25, -0.2) is 0 Å². The lowest BCUT2D eigenvalue weighted by Gasteiger charge is -2.59. The van der Waals surface area contributed by atoms with E-state index in [1.54, 1.807) is 6.92 Å². The number of fused-ring (bicyclic) bond motifs is 5. The van der Waals surface area contributed by atoms with Gasteiger partial charge in [-0.05, 0) is 85.7 Å². The van der Waals surface area contributed by atoms with Gasteiger partial charge in [-0.2, -0.15) is 0 Å². The van der Waals surface area contributed by atoms with Crippen molar-refractivity contribution in [3.8, 4) is 0 Å². The molecule has 4 aliphatic carbocycles. The van der Waals surface area contributed by atoms with E-state index in [9.17, 15) is 9.59 Å². The van der Waals surface area contributed by atoms with Crippen LogP contribution in [0.3, 0.4) is 0 Å². The van der Waals surface area contributed by atoms with Crippen LogP contribution >= 0.6 is 11.6 Å². The van der Waals surface area contributed by atoms with Gasteiger partial charge in [-0.3, -0.25) is 9.59 Å². The Bertz CT molecular complexity index is 623. The summed E-state index contributed by atoms with van der Waals surface area (Å²) in [6.07, 6.45) is 9.08. The predicted octanol–water partition coefficient (Wildman–Crippen LogP) is 4.94. The maximum Gasteiger partial charge on any atom is 0.155 e. The summed E-state index contributed by atoms with van der Waals surface area (Å²) in [6, 6.07) is 0. The first-order chi connectivity index (χ1) is 11.3. The van der Waals surface area contributed by atoms with Gasteiger partial charge in [0.25, 0.3) is 0 Å².